The first-order valence-electron chi connectivity index (χ1n) is 4.55. The first-order valence-corrected chi connectivity index (χ1v) is 6.55. The number of rotatable bonds is 2. The number of halogens is 1. The van der Waals surface area contributed by atoms with Crippen molar-refractivity contribution in [1.29, 1.82) is 0 Å². The van der Waals surface area contributed by atoms with E-state index in [9.17, 15) is 4.79 Å². The molecule has 1 unspecified atom stereocenters. The van der Waals surface area contributed by atoms with Gasteiger partial charge in [0.15, 0.2) is 0 Å². The van der Waals surface area contributed by atoms with Crippen molar-refractivity contribution in [3.05, 3.63) is 16.6 Å². The highest BCUT2D eigenvalue weighted by atomic mass is 79.9. The Morgan fingerprint density at radius 2 is 2.64 bits per heavy atom. The van der Waals surface area contributed by atoms with Gasteiger partial charge >= 0.3 is 0 Å². The van der Waals surface area contributed by atoms with Crippen LogP contribution in [-0.4, -0.2) is 34.2 Å². The minimum absolute atomic E-state index is 0.135. The Morgan fingerprint density at radius 3 is 3.21 bits per heavy atom. The maximum Gasteiger partial charge on any atom is 0.265 e. The summed E-state index contributed by atoms with van der Waals surface area (Å²) in [6.07, 6.45) is 2.75. The van der Waals surface area contributed by atoms with Gasteiger partial charge in [0.25, 0.3) is 5.91 Å². The minimum atomic E-state index is 0.135. The molecule has 76 valence electrons. The highest BCUT2D eigenvalue weighted by Crippen LogP contribution is 2.21. The highest BCUT2D eigenvalue weighted by Gasteiger charge is 2.26. The van der Waals surface area contributed by atoms with Gasteiger partial charge in [0, 0.05) is 18.4 Å². The number of carbonyl (C=O) groups excluding carboxylic acids is 1. The molecule has 0 spiro atoms. The van der Waals surface area contributed by atoms with Crippen LogP contribution in [0.15, 0.2) is 11.7 Å². The molecule has 1 aliphatic heterocycles. The SMILES string of the molecule is O=C(c1cncs1)N1CCC(CBr)C1. The third-order valence-electron chi connectivity index (χ3n) is 2.43. The average Bonchev–Trinajstić information content (AvgIpc) is 2.88. The third kappa shape index (κ3) is 1.98. The number of aromatic nitrogens is 1. The monoisotopic (exact) mass is 274 g/mol. The fraction of sp³-hybridized carbons (Fsp3) is 0.556. The predicted octanol–water partition coefficient (Wildman–Crippen LogP) is 2.00. The zero-order valence-electron chi connectivity index (χ0n) is 7.65. The largest absolute Gasteiger partial charge is 0.338 e. The van der Waals surface area contributed by atoms with E-state index < -0.39 is 0 Å². The number of hydrogen-bond donors (Lipinski definition) is 0. The Bertz CT molecular complexity index is 315. The van der Waals surface area contributed by atoms with E-state index in [-0.39, 0.29) is 5.91 Å². The molecule has 3 nitrogen and oxygen atoms in total. The summed E-state index contributed by atoms with van der Waals surface area (Å²) in [5.41, 5.74) is 1.70. The summed E-state index contributed by atoms with van der Waals surface area (Å²) in [4.78, 5) is 18.4. The van der Waals surface area contributed by atoms with E-state index in [0.717, 1.165) is 29.7 Å². The smallest absolute Gasteiger partial charge is 0.265 e. The molecule has 0 N–H and O–H groups in total. The van der Waals surface area contributed by atoms with Crippen LogP contribution in [0.2, 0.25) is 0 Å². The van der Waals surface area contributed by atoms with Crippen LogP contribution < -0.4 is 0 Å². The number of carbonyl (C=O) groups is 1. The summed E-state index contributed by atoms with van der Waals surface area (Å²) in [6.45, 7) is 1.76. The fourth-order valence-corrected chi connectivity index (χ4v) is 2.74. The van der Waals surface area contributed by atoms with Crippen LogP contribution in [0, 0.1) is 5.92 Å². The van der Waals surface area contributed by atoms with E-state index in [2.05, 4.69) is 20.9 Å². The normalized spacial score (nSPS) is 21.5. The van der Waals surface area contributed by atoms with Gasteiger partial charge < -0.3 is 4.90 Å². The zero-order chi connectivity index (χ0) is 9.97. The average molecular weight is 275 g/mol. The molecule has 1 aromatic heterocycles. The van der Waals surface area contributed by atoms with Crippen molar-refractivity contribution in [2.24, 2.45) is 5.92 Å². The Morgan fingerprint density at radius 1 is 1.79 bits per heavy atom. The molecule has 1 atom stereocenters. The molecule has 2 rings (SSSR count). The van der Waals surface area contributed by atoms with E-state index >= 15 is 0 Å². The van der Waals surface area contributed by atoms with Crippen LogP contribution in [0.3, 0.4) is 0 Å². The molecule has 1 fully saturated rings. The van der Waals surface area contributed by atoms with Crippen LogP contribution in [0.1, 0.15) is 16.1 Å². The first kappa shape index (κ1) is 10.1. The summed E-state index contributed by atoms with van der Waals surface area (Å²) in [7, 11) is 0. The molecule has 5 heteroatoms. The van der Waals surface area contributed by atoms with Crippen molar-refractivity contribution >= 4 is 33.2 Å². The van der Waals surface area contributed by atoms with Gasteiger partial charge in [0.1, 0.15) is 4.88 Å². The van der Waals surface area contributed by atoms with Gasteiger partial charge in [-0.1, -0.05) is 15.9 Å². The highest BCUT2D eigenvalue weighted by molar-refractivity contribution is 9.09. The molecule has 0 radical (unpaired) electrons. The molecule has 0 bridgehead atoms. The first-order chi connectivity index (χ1) is 6.81. The molecule has 1 amide bonds. The van der Waals surface area contributed by atoms with Crippen LogP contribution in [0.25, 0.3) is 0 Å². The second kappa shape index (κ2) is 4.40. The van der Waals surface area contributed by atoms with E-state index in [1.54, 1.807) is 11.7 Å². The standard InChI is InChI=1S/C9H11BrN2OS/c10-3-7-1-2-12(5-7)9(13)8-4-11-6-14-8/h4,6-7H,1-3,5H2. The summed E-state index contributed by atoms with van der Waals surface area (Å²) >= 11 is 4.87. The quantitative estimate of drug-likeness (QED) is 0.773. The Hall–Kier alpha value is -0.420. The lowest BCUT2D eigenvalue weighted by Gasteiger charge is -2.14. The van der Waals surface area contributed by atoms with Gasteiger partial charge in [-0.05, 0) is 12.3 Å². The van der Waals surface area contributed by atoms with Crippen LogP contribution in [0.4, 0.5) is 0 Å². The lowest BCUT2D eigenvalue weighted by molar-refractivity contribution is 0.0793. The molecular formula is C9H11BrN2OS. The van der Waals surface area contributed by atoms with Crippen molar-refractivity contribution in [3.63, 3.8) is 0 Å². The van der Waals surface area contributed by atoms with Crippen molar-refractivity contribution < 1.29 is 4.79 Å². The molecule has 0 saturated carbocycles. The van der Waals surface area contributed by atoms with Gasteiger partial charge in [-0.25, -0.2) is 0 Å². The zero-order valence-corrected chi connectivity index (χ0v) is 10.1. The van der Waals surface area contributed by atoms with Crippen LogP contribution in [0.5, 0.6) is 0 Å². The second-order valence-corrected chi connectivity index (χ2v) is 4.96. The fourth-order valence-electron chi connectivity index (χ4n) is 1.62. The topological polar surface area (TPSA) is 33.2 Å². The van der Waals surface area contributed by atoms with E-state index in [1.807, 2.05) is 4.90 Å². The molecule has 0 aromatic carbocycles. The van der Waals surface area contributed by atoms with Gasteiger partial charge in [-0.2, -0.15) is 0 Å². The second-order valence-electron chi connectivity index (χ2n) is 3.43. The summed E-state index contributed by atoms with van der Waals surface area (Å²) in [6, 6.07) is 0. The molecule has 1 aliphatic rings. The number of likely N-dealkylation sites (tertiary alicyclic amines) is 1. The third-order valence-corrected chi connectivity index (χ3v) is 4.11. The number of alkyl halides is 1. The van der Waals surface area contributed by atoms with Gasteiger partial charge in [0.2, 0.25) is 0 Å². The predicted molar refractivity (Wildman–Crippen MR) is 59.9 cm³/mol. The Balaban J connectivity index is 2.00. The van der Waals surface area contributed by atoms with Crippen molar-refractivity contribution in [3.8, 4) is 0 Å². The number of amides is 1. The maximum absolute atomic E-state index is 11.9. The molecular weight excluding hydrogens is 264 g/mol. The summed E-state index contributed by atoms with van der Waals surface area (Å²) in [5, 5.41) is 0.986. The molecule has 1 saturated heterocycles. The maximum atomic E-state index is 11.9. The lowest BCUT2D eigenvalue weighted by atomic mass is 10.2. The molecule has 14 heavy (non-hydrogen) atoms. The number of hydrogen-bond acceptors (Lipinski definition) is 3. The van der Waals surface area contributed by atoms with E-state index in [1.165, 1.54) is 11.3 Å². The van der Waals surface area contributed by atoms with Crippen molar-refractivity contribution in [1.82, 2.24) is 9.88 Å². The van der Waals surface area contributed by atoms with Crippen molar-refractivity contribution in [2.45, 2.75) is 6.42 Å². The number of thiazole rings is 1. The van der Waals surface area contributed by atoms with Crippen molar-refractivity contribution in [2.75, 3.05) is 18.4 Å². The van der Waals surface area contributed by atoms with E-state index in [4.69, 9.17) is 0 Å². The minimum Gasteiger partial charge on any atom is -0.338 e. The van der Waals surface area contributed by atoms with Gasteiger partial charge in [0.05, 0.1) is 11.7 Å². The summed E-state index contributed by atoms with van der Waals surface area (Å²) < 4.78 is 0. The summed E-state index contributed by atoms with van der Waals surface area (Å²) in [5.74, 6) is 0.753. The van der Waals surface area contributed by atoms with Gasteiger partial charge in [-0.3, -0.25) is 9.78 Å². The molecule has 1 aromatic rings. The Labute approximate surface area is 95.3 Å². The lowest BCUT2D eigenvalue weighted by Crippen LogP contribution is -2.28. The van der Waals surface area contributed by atoms with Crippen LogP contribution >= 0.6 is 27.3 Å². The molecule has 0 aliphatic carbocycles. The van der Waals surface area contributed by atoms with Gasteiger partial charge in [-0.15, -0.1) is 11.3 Å². The Kier molecular flexibility index (Phi) is 3.18. The van der Waals surface area contributed by atoms with Crippen LogP contribution in [-0.2, 0) is 0 Å². The molecule has 2 heterocycles. The number of nitrogens with zero attached hydrogens (tertiary/aromatic N) is 2. The van der Waals surface area contributed by atoms with E-state index in [0.29, 0.717) is 5.92 Å².